The first-order valence-electron chi connectivity index (χ1n) is 5.30. The summed E-state index contributed by atoms with van der Waals surface area (Å²) in [6, 6.07) is 9.86. The van der Waals surface area contributed by atoms with E-state index in [4.69, 9.17) is 16.3 Å². The van der Waals surface area contributed by atoms with Gasteiger partial charge in [0.05, 0.1) is 6.04 Å². The summed E-state index contributed by atoms with van der Waals surface area (Å²) in [5, 5.41) is 3.52. The van der Waals surface area contributed by atoms with Crippen LogP contribution in [0.1, 0.15) is 11.6 Å². The Kier molecular flexibility index (Phi) is 2.57. The van der Waals surface area contributed by atoms with Crippen LogP contribution in [-0.4, -0.2) is 16.6 Å². The molecule has 1 aliphatic rings. The van der Waals surface area contributed by atoms with Crippen molar-refractivity contribution in [2.24, 2.45) is 0 Å². The fourth-order valence-electron chi connectivity index (χ4n) is 1.88. The van der Waals surface area contributed by atoms with E-state index < -0.39 is 0 Å². The summed E-state index contributed by atoms with van der Waals surface area (Å²) in [5.41, 5.74) is 1.14. The van der Waals surface area contributed by atoms with E-state index in [1.807, 2.05) is 24.3 Å². The number of halogens is 1. The van der Waals surface area contributed by atoms with Gasteiger partial charge in [0.15, 0.2) is 0 Å². The summed E-state index contributed by atoms with van der Waals surface area (Å²) >= 11 is 5.74. The topological polar surface area (TPSA) is 47.0 Å². The largest absolute Gasteiger partial charge is 0.491 e. The van der Waals surface area contributed by atoms with Crippen molar-refractivity contribution in [3.63, 3.8) is 0 Å². The van der Waals surface area contributed by atoms with Gasteiger partial charge in [0, 0.05) is 11.8 Å². The van der Waals surface area contributed by atoms with Gasteiger partial charge in [-0.1, -0.05) is 18.2 Å². The van der Waals surface area contributed by atoms with Gasteiger partial charge < -0.3 is 10.1 Å². The van der Waals surface area contributed by atoms with E-state index in [1.165, 1.54) is 0 Å². The third-order valence-electron chi connectivity index (χ3n) is 2.65. The van der Waals surface area contributed by atoms with Crippen molar-refractivity contribution in [3.05, 3.63) is 47.4 Å². The highest BCUT2D eigenvalue weighted by atomic mass is 35.5. The lowest BCUT2D eigenvalue weighted by Crippen LogP contribution is -2.13. The minimum Gasteiger partial charge on any atom is -0.491 e. The molecule has 86 valence electrons. The Labute approximate surface area is 104 Å². The van der Waals surface area contributed by atoms with Crippen molar-refractivity contribution < 1.29 is 4.74 Å². The number of anilines is 1. The van der Waals surface area contributed by atoms with Crippen LogP contribution in [-0.2, 0) is 0 Å². The molecule has 0 bridgehead atoms. The zero-order valence-electron chi connectivity index (χ0n) is 8.93. The van der Waals surface area contributed by atoms with Gasteiger partial charge in [0.25, 0.3) is 0 Å². The smallest absolute Gasteiger partial charge is 0.224 e. The van der Waals surface area contributed by atoms with Crippen LogP contribution in [0.3, 0.4) is 0 Å². The maximum Gasteiger partial charge on any atom is 0.224 e. The maximum atomic E-state index is 5.74. The summed E-state index contributed by atoms with van der Waals surface area (Å²) in [5.74, 6) is 1.63. The Morgan fingerprint density at radius 2 is 2.18 bits per heavy atom. The molecule has 0 saturated heterocycles. The number of ether oxygens (including phenoxy) is 1. The van der Waals surface area contributed by atoms with E-state index in [0.29, 0.717) is 12.4 Å². The molecule has 1 aromatic heterocycles. The zero-order chi connectivity index (χ0) is 11.7. The number of nitrogens with one attached hydrogen (secondary N) is 1. The van der Waals surface area contributed by atoms with Gasteiger partial charge in [0.1, 0.15) is 18.2 Å². The second kappa shape index (κ2) is 4.22. The van der Waals surface area contributed by atoms with Gasteiger partial charge in [-0.15, -0.1) is 0 Å². The summed E-state index contributed by atoms with van der Waals surface area (Å²) < 4.78 is 5.57. The maximum absolute atomic E-state index is 5.74. The summed E-state index contributed by atoms with van der Waals surface area (Å²) in [4.78, 5) is 7.94. The lowest BCUT2D eigenvalue weighted by molar-refractivity contribution is 0.339. The Balaban J connectivity index is 1.84. The van der Waals surface area contributed by atoms with Crippen molar-refractivity contribution >= 4 is 17.4 Å². The van der Waals surface area contributed by atoms with Crippen molar-refractivity contribution in [3.8, 4) is 5.75 Å². The van der Waals surface area contributed by atoms with E-state index in [-0.39, 0.29) is 11.3 Å². The van der Waals surface area contributed by atoms with Crippen LogP contribution >= 0.6 is 11.6 Å². The molecule has 1 aromatic carbocycles. The molecule has 0 radical (unpaired) electrons. The Morgan fingerprint density at radius 3 is 3.06 bits per heavy atom. The molecule has 1 unspecified atom stereocenters. The summed E-state index contributed by atoms with van der Waals surface area (Å²) in [6.45, 7) is 0.598. The number of benzene rings is 1. The van der Waals surface area contributed by atoms with Crippen molar-refractivity contribution in [2.75, 3.05) is 11.9 Å². The van der Waals surface area contributed by atoms with E-state index in [0.717, 1.165) is 11.3 Å². The average Bonchev–Trinajstić information content (AvgIpc) is 2.73. The van der Waals surface area contributed by atoms with E-state index in [9.17, 15) is 0 Å². The molecule has 2 heterocycles. The number of hydrogen-bond donors (Lipinski definition) is 1. The first-order valence-corrected chi connectivity index (χ1v) is 5.67. The minimum absolute atomic E-state index is 0.108. The first-order chi connectivity index (χ1) is 8.33. The average molecular weight is 248 g/mol. The van der Waals surface area contributed by atoms with E-state index in [1.54, 1.807) is 12.3 Å². The predicted molar refractivity (Wildman–Crippen MR) is 65.3 cm³/mol. The number of nitrogens with zero attached hydrogens (tertiary/aromatic N) is 2. The third kappa shape index (κ3) is 2.03. The fourth-order valence-corrected chi connectivity index (χ4v) is 2.02. The molecule has 3 rings (SSSR count). The van der Waals surface area contributed by atoms with E-state index in [2.05, 4.69) is 15.3 Å². The highest BCUT2D eigenvalue weighted by Gasteiger charge is 2.23. The highest BCUT2D eigenvalue weighted by Crippen LogP contribution is 2.33. The molecule has 0 aliphatic carbocycles. The van der Waals surface area contributed by atoms with Crippen LogP contribution in [0.5, 0.6) is 5.75 Å². The molecular formula is C12H10ClN3O. The van der Waals surface area contributed by atoms with Crippen LogP contribution in [0.25, 0.3) is 0 Å². The standard InChI is InChI=1S/C12H10ClN3O/c13-12-14-6-5-11(16-12)15-9-7-17-10-4-2-1-3-8(9)10/h1-6,9H,7H2,(H,14,15,16). The van der Waals surface area contributed by atoms with Crippen molar-refractivity contribution in [2.45, 2.75) is 6.04 Å². The Hall–Kier alpha value is -1.81. The van der Waals surface area contributed by atoms with E-state index >= 15 is 0 Å². The van der Waals surface area contributed by atoms with Gasteiger partial charge in [-0.2, -0.15) is 0 Å². The van der Waals surface area contributed by atoms with Crippen molar-refractivity contribution in [1.82, 2.24) is 9.97 Å². The molecule has 0 fully saturated rings. The van der Waals surface area contributed by atoms with Gasteiger partial charge in [0.2, 0.25) is 5.28 Å². The SMILES string of the molecule is Clc1nccc(NC2COc3ccccc32)n1. The molecule has 0 amide bonds. The summed E-state index contributed by atoms with van der Waals surface area (Å²) in [7, 11) is 0. The Bertz CT molecular complexity index is 547. The second-order valence-corrected chi connectivity index (χ2v) is 4.09. The molecule has 0 spiro atoms. The second-order valence-electron chi connectivity index (χ2n) is 3.76. The fraction of sp³-hybridized carbons (Fsp3) is 0.167. The Morgan fingerprint density at radius 1 is 1.29 bits per heavy atom. The van der Waals surface area contributed by atoms with Gasteiger partial charge in [-0.05, 0) is 23.7 Å². The number of hydrogen-bond acceptors (Lipinski definition) is 4. The van der Waals surface area contributed by atoms with Crippen molar-refractivity contribution in [1.29, 1.82) is 0 Å². The minimum atomic E-state index is 0.108. The molecule has 1 aliphatic heterocycles. The number of fused-ring (bicyclic) bond motifs is 1. The first kappa shape index (κ1) is 10.4. The van der Waals surface area contributed by atoms with Gasteiger partial charge in [-0.3, -0.25) is 0 Å². The lowest BCUT2D eigenvalue weighted by Gasteiger charge is -2.11. The molecule has 0 saturated carbocycles. The van der Waals surface area contributed by atoms with Gasteiger partial charge >= 0.3 is 0 Å². The number of rotatable bonds is 2. The van der Waals surface area contributed by atoms with Crippen LogP contribution in [0, 0.1) is 0 Å². The number of para-hydroxylation sites is 1. The third-order valence-corrected chi connectivity index (χ3v) is 2.83. The molecule has 1 N–H and O–H groups in total. The molecule has 5 heteroatoms. The summed E-state index contributed by atoms with van der Waals surface area (Å²) in [6.07, 6.45) is 1.62. The number of aromatic nitrogens is 2. The van der Waals surface area contributed by atoms with Crippen LogP contribution in [0.2, 0.25) is 5.28 Å². The molecule has 4 nitrogen and oxygen atoms in total. The van der Waals surface area contributed by atoms with Crippen LogP contribution < -0.4 is 10.1 Å². The predicted octanol–water partition coefficient (Wildman–Crippen LogP) is 2.68. The molecule has 17 heavy (non-hydrogen) atoms. The molecular weight excluding hydrogens is 238 g/mol. The highest BCUT2D eigenvalue weighted by molar-refractivity contribution is 6.28. The molecule has 2 aromatic rings. The van der Waals surface area contributed by atoms with Gasteiger partial charge in [-0.25, -0.2) is 9.97 Å². The zero-order valence-corrected chi connectivity index (χ0v) is 9.69. The molecule has 1 atom stereocenters. The normalized spacial score (nSPS) is 17.4. The van der Waals surface area contributed by atoms with Crippen LogP contribution in [0.15, 0.2) is 36.5 Å². The quantitative estimate of drug-likeness (QED) is 0.829. The lowest BCUT2D eigenvalue weighted by atomic mass is 10.1. The van der Waals surface area contributed by atoms with Crippen LogP contribution in [0.4, 0.5) is 5.82 Å². The monoisotopic (exact) mass is 247 g/mol.